The summed E-state index contributed by atoms with van der Waals surface area (Å²) >= 11 is 6.21. The van der Waals surface area contributed by atoms with Gasteiger partial charge in [-0.2, -0.15) is 0 Å². The van der Waals surface area contributed by atoms with Gasteiger partial charge in [-0.15, -0.1) is 10.2 Å². The first-order valence-corrected chi connectivity index (χ1v) is 6.77. The monoisotopic (exact) mass is 307 g/mol. The summed E-state index contributed by atoms with van der Waals surface area (Å²) in [5.41, 5.74) is 1.29. The van der Waals surface area contributed by atoms with Crippen molar-refractivity contribution in [1.82, 2.24) is 14.8 Å². The van der Waals surface area contributed by atoms with Crippen molar-refractivity contribution in [3.63, 3.8) is 0 Å². The van der Waals surface area contributed by atoms with Crippen molar-refractivity contribution < 1.29 is 9.53 Å². The Morgan fingerprint density at radius 2 is 2.29 bits per heavy atom. The van der Waals surface area contributed by atoms with Crippen LogP contribution >= 0.6 is 11.6 Å². The molecule has 7 nitrogen and oxygen atoms in total. The maximum atomic E-state index is 11.3. The predicted molar refractivity (Wildman–Crippen MR) is 78.6 cm³/mol. The van der Waals surface area contributed by atoms with E-state index < -0.39 is 0 Å². The fraction of sp³-hybridized carbons (Fsp3) is 0.308. The molecular formula is C13H14ClN5O2. The van der Waals surface area contributed by atoms with Crippen LogP contribution in [-0.4, -0.2) is 27.3 Å². The van der Waals surface area contributed by atoms with E-state index >= 15 is 0 Å². The van der Waals surface area contributed by atoms with Gasteiger partial charge in [0.2, 0.25) is 0 Å². The van der Waals surface area contributed by atoms with Crippen molar-refractivity contribution >= 4 is 28.9 Å². The number of amides is 1. The highest BCUT2D eigenvalue weighted by atomic mass is 35.5. The van der Waals surface area contributed by atoms with Crippen molar-refractivity contribution in [2.45, 2.75) is 13.5 Å². The van der Waals surface area contributed by atoms with E-state index in [1.54, 1.807) is 12.1 Å². The first-order chi connectivity index (χ1) is 10.0. The topological polar surface area (TPSA) is 81.1 Å². The Morgan fingerprint density at radius 3 is 3.00 bits per heavy atom. The molecule has 1 aliphatic rings. The average molecular weight is 308 g/mol. The van der Waals surface area contributed by atoms with Crippen LogP contribution in [0.3, 0.4) is 0 Å². The third-order valence-electron chi connectivity index (χ3n) is 3.32. The first-order valence-electron chi connectivity index (χ1n) is 6.39. The first kappa shape index (κ1) is 13.7. The zero-order valence-corrected chi connectivity index (χ0v) is 12.4. The number of halogens is 1. The number of fused-ring (bicyclic) bond motifs is 1. The highest BCUT2D eigenvalue weighted by molar-refractivity contribution is 6.33. The van der Waals surface area contributed by atoms with Crippen LogP contribution in [0.4, 0.5) is 11.4 Å². The van der Waals surface area contributed by atoms with Gasteiger partial charge in [-0.1, -0.05) is 11.6 Å². The van der Waals surface area contributed by atoms with Crippen LogP contribution in [0, 0.1) is 6.92 Å². The van der Waals surface area contributed by atoms with Crippen LogP contribution in [0.2, 0.25) is 5.02 Å². The van der Waals surface area contributed by atoms with Gasteiger partial charge in [0.05, 0.1) is 22.9 Å². The number of hydrogen-bond acceptors (Lipinski definition) is 5. The van der Waals surface area contributed by atoms with E-state index in [1.165, 1.54) is 0 Å². The van der Waals surface area contributed by atoms with Gasteiger partial charge in [-0.05, 0) is 13.0 Å². The van der Waals surface area contributed by atoms with Crippen LogP contribution in [0.1, 0.15) is 11.6 Å². The number of ether oxygens (including phenoxy) is 1. The summed E-state index contributed by atoms with van der Waals surface area (Å²) in [4.78, 5) is 11.3. The fourth-order valence-corrected chi connectivity index (χ4v) is 2.25. The van der Waals surface area contributed by atoms with Gasteiger partial charge in [0.15, 0.2) is 12.4 Å². The van der Waals surface area contributed by atoms with Gasteiger partial charge in [0.1, 0.15) is 11.6 Å². The molecule has 0 saturated heterocycles. The van der Waals surface area contributed by atoms with Gasteiger partial charge >= 0.3 is 0 Å². The number of aromatic nitrogens is 3. The minimum absolute atomic E-state index is 0.0105. The van der Waals surface area contributed by atoms with Gasteiger partial charge < -0.3 is 19.9 Å². The molecule has 0 fully saturated rings. The lowest BCUT2D eigenvalue weighted by molar-refractivity contribution is -0.118. The smallest absolute Gasteiger partial charge is 0.262 e. The Bertz CT molecular complexity index is 713. The minimum Gasteiger partial charge on any atom is -0.482 e. The molecular weight excluding hydrogens is 294 g/mol. The number of rotatable bonds is 3. The molecule has 8 heteroatoms. The summed E-state index contributed by atoms with van der Waals surface area (Å²) in [5.74, 6) is 2.05. The zero-order chi connectivity index (χ0) is 15.0. The second kappa shape index (κ2) is 5.25. The summed E-state index contributed by atoms with van der Waals surface area (Å²) in [6.45, 7) is 2.39. The maximum absolute atomic E-state index is 11.3. The number of benzene rings is 1. The number of nitrogens with one attached hydrogen (secondary N) is 2. The number of carbonyl (C=O) groups excluding carboxylic acids is 1. The van der Waals surface area contributed by atoms with E-state index in [-0.39, 0.29) is 12.5 Å². The molecule has 0 aliphatic carbocycles. The molecule has 110 valence electrons. The third kappa shape index (κ3) is 2.64. The third-order valence-corrected chi connectivity index (χ3v) is 3.63. The number of hydrogen-bond donors (Lipinski definition) is 2. The second-order valence-electron chi connectivity index (χ2n) is 4.74. The molecule has 21 heavy (non-hydrogen) atoms. The molecule has 3 rings (SSSR count). The Hall–Kier alpha value is -2.28. The SMILES string of the molecule is Cc1nnc(CNc2cc3c(cc2Cl)NC(=O)CO3)n1C. The maximum Gasteiger partial charge on any atom is 0.262 e. The summed E-state index contributed by atoms with van der Waals surface area (Å²) in [6, 6.07) is 3.43. The zero-order valence-electron chi connectivity index (χ0n) is 11.6. The quantitative estimate of drug-likeness (QED) is 0.902. The Kier molecular flexibility index (Phi) is 3.42. The standard InChI is InChI=1S/C13H14ClN5O2/c1-7-17-18-12(19(7)2)5-15-9-4-11-10(3-8(9)14)16-13(20)6-21-11/h3-4,15H,5-6H2,1-2H3,(H,16,20). The molecule has 2 N–H and O–H groups in total. The molecule has 0 saturated carbocycles. The molecule has 2 aromatic rings. The highest BCUT2D eigenvalue weighted by Gasteiger charge is 2.18. The molecule has 1 amide bonds. The number of nitrogens with zero attached hydrogens (tertiary/aromatic N) is 3. The van der Waals surface area contributed by atoms with Gasteiger partial charge in [-0.25, -0.2) is 0 Å². The Labute approximate surface area is 126 Å². The predicted octanol–water partition coefficient (Wildman–Crippen LogP) is 1.72. The fourth-order valence-electron chi connectivity index (χ4n) is 2.01. The van der Waals surface area contributed by atoms with Gasteiger partial charge in [0.25, 0.3) is 5.91 Å². The summed E-state index contributed by atoms with van der Waals surface area (Å²) in [6.07, 6.45) is 0. The van der Waals surface area contributed by atoms with Crippen molar-refractivity contribution in [3.05, 3.63) is 28.8 Å². The largest absolute Gasteiger partial charge is 0.482 e. The summed E-state index contributed by atoms with van der Waals surface area (Å²) in [5, 5.41) is 14.5. The lowest BCUT2D eigenvalue weighted by atomic mass is 10.2. The van der Waals surface area contributed by atoms with Crippen molar-refractivity contribution in [2.75, 3.05) is 17.2 Å². The Balaban J connectivity index is 1.80. The molecule has 0 bridgehead atoms. The summed E-state index contributed by atoms with van der Waals surface area (Å²) < 4.78 is 7.27. The van der Waals surface area contributed by atoms with Crippen LogP contribution in [0.5, 0.6) is 5.75 Å². The number of aryl methyl sites for hydroxylation is 1. The van der Waals surface area contributed by atoms with E-state index in [1.807, 2.05) is 18.5 Å². The number of anilines is 2. The minimum atomic E-state index is -0.186. The molecule has 2 heterocycles. The van der Waals surface area contributed by atoms with Crippen molar-refractivity contribution in [3.8, 4) is 5.75 Å². The van der Waals surface area contributed by atoms with Crippen LogP contribution in [0.15, 0.2) is 12.1 Å². The molecule has 0 unspecified atom stereocenters. The molecule has 1 aromatic carbocycles. The van der Waals surface area contributed by atoms with E-state index in [4.69, 9.17) is 16.3 Å². The van der Waals surface area contributed by atoms with Gasteiger partial charge in [-0.3, -0.25) is 4.79 Å². The normalized spacial score (nSPS) is 13.4. The molecule has 0 atom stereocenters. The van der Waals surface area contributed by atoms with Crippen molar-refractivity contribution in [1.29, 1.82) is 0 Å². The van der Waals surface area contributed by atoms with E-state index in [0.717, 1.165) is 11.6 Å². The van der Waals surface area contributed by atoms with Crippen LogP contribution in [0.25, 0.3) is 0 Å². The van der Waals surface area contributed by atoms with Crippen LogP contribution in [-0.2, 0) is 18.4 Å². The van der Waals surface area contributed by atoms with Gasteiger partial charge in [0, 0.05) is 13.1 Å². The molecule has 0 spiro atoms. The Morgan fingerprint density at radius 1 is 1.48 bits per heavy atom. The summed E-state index contributed by atoms with van der Waals surface area (Å²) in [7, 11) is 1.90. The second-order valence-corrected chi connectivity index (χ2v) is 5.15. The van der Waals surface area contributed by atoms with Crippen LogP contribution < -0.4 is 15.4 Å². The number of carbonyl (C=O) groups is 1. The average Bonchev–Trinajstić information content (AvgIpc) is 2.77. The van der Waals surface area contributed by atoms with E-state index in [9.17, 15) is 4.79 Å². The molecule has 1 aliphatic heterocycles. The lowest BCUT2D eigenvalue weighted by Crippen LogP contribution is -2.25. The molecule has 1 aromatic heterocycles. The van der Waals surface area contributed by atoms with E-state index in [0.29, 0.717) is 28.7 Å². The van der Waals surface area contributed by atoms with E-state index in [2.05, 4.69) is 20.8 Å². The highest BCUT2D eigenvalue weighted by Crippen LogP contribution is 2.36. The molecule has 0 radical (unpaired) electrons. The lowest BCUT2D eigenvalue weighted by Gasteiger charge is -2.19. The van der Waals surface area contributed by atoms with Crippen molar-refractivity contribution in [2.24, 2.45) is 7.05 Å².